The third-order valence-corrected chi connectivity index (χ3v) is 3.63. The number of hydrogen-bond donors (Lipinski definition) is 2. The van der Waals surface area contributed by atoms with E-state index in [1.54, 1.807) is 12.4 Å². The normalized spacial score (nSPS) is 12.1. The largest absolute Gasteiger partial charge is 0.352 e. The van der Waals surface area contributed by atoms with Gasteiger partial charge < -0.3 is 11.1 Å². The Labute approximate surface area is 115 Å². The molecule has 0 spiro atoms. The van der Waals surface area contributed by atoms with Crippen LogP contribution in [0.4, 0.5) is 0 Å². The van der Waals surface area contributed by atoms with Crippen LogP contribution in [0.1, 0.15) is 29.2 Å². The van der Waals surface area contributed by atoms with Crippen molar-refractivity contribution < 1.29 is 4.79 Å². The summed E-state index contributed by atoms with van der Waals surface area (Å²) in [5.41, 5.74) is 7.53. The predicted octanol–water partition coefficient (Wildman–Crippen LogP) is 1.42. The van der Waals surface area contributed by atoms with Gasteiger partial charge in [-0.3, -0.25) is 9.78 Å². The molecule has 2 aromatic rings. The van der Waals surface area contributed by atoms with Crippen molar-refractivity contribution in [3.63, 3.8) is 0 Å². The van der Waals surface area contributed by atoms with Crippen LogP contribution in [0.25, 0.3) is 0 Å². The van der Waals surface area contributed by atoms with Gasteiger partial charge in [-0.1, -0.05) is 0 Å². The zero-order chi connectivity index (χ0) is 13.7. The second-order valence-corrected chi connectivity index (χ2v) is 5.16. The number of pyridine rings is 1. The maximum Gasteiger partial charge on any atom is 0.226 e. The lowest BCUT2D eigenvalue weighted by atomic mass is 10.2. The van der Waals surface area contributed by atoms with Crippen LogP contribution in [0.15, 0.2) is 29.9 Å². The molecule has 5 nitrogen and oxygen atoms in total. The Kier molecular flexibility index (Phi) is 4.59. The van der Waals surface area contributed by atoms with Crippen molar-refractivity contribution in [1.82, 2.24) is 15.3 Å². The van der Waals surface area contributed by atoms with Gasteiger partial charge in [0.2, 0.25) is 5.91 Å². The van der Waals surface area contributed by atoms with Crippen LogP contribution in [0.3, 0.4) is 0 Å². The minimum atomic E-state index is -0.0846. The Morgan fingerprint density at radius 1 is 1.47 bits per heavy atom. The average molecular weight is 276 g/mol. The summed E-state index contributed by atoms with van der Waals surface area (Å²) < 4.78 is 0. The van der Waals surface area contributed by atoms with Crippen LogP contribution in [0.2, 0.25) is 0 Å². The monoisotopic (exact) mass is 276 g/mol. The fourth-order valence-corrected chi connectivity index (χ4v) is 2.32. The first kappa shape index (κ1) is 13.6. The predicted molar refractivity (Wildman–Crippen MR) is 74.5 cm³/mol. The molecule has 2 rings (SSSR count). The maximum absolute atomic E-state index is 11.8. The van der Waals surface area contributed by atoms with Crippen molar-refractivity contribution in [3.8, 4) is 0 Å². The first-order chi connectivity index (χ1) is 9.15. The molecule has 0 aliphatic carbocycles. The highest BCUT2D eigenvalue weighted by Gasteiger charge is 2.09. The van der Waals surface area contributed by atoms with Crippen molar-refractivity contribution >= 4 is 17.2 Å². The lowest BCUT2D eigenvalue weighted by molar-refractivity contribution is -0.120. The molecule has 0 radical (unpaired) electrons. The van der Waals surface area contributed by atoms with Gasteiger partial charge in [0.05, 0.1) is 18.2 Å². The molecule has 1 atom stereocenters. The SMILES string of the molecule is CC(N)c1nc(CC(=O)NCc2ccncc2)cs1. The Bertz CT molecular complexity index is 539. The molecule has 0 saturated carbocycles. The Morgan fingerprint density at radius 3 is 2.84 bits per heavy atom. The zero-order valence-corrected chi connectivity index (χ0v) is 11.5. The number of nitrogens with one attached hydrogen (secondary N) is 1. The molecule has 0 saturated heterocycles. The van der Waals surface area contributed by atoms with Gasteiger partial charge in [-0.25, -0.2) is 4.98 Å². The standard InChI is InChI=1S/C13H16N4OS/c1-9(14)13-17-11(8-19-13)6-12(18)16-7-10-2-4-15-5-3-10/h2-5,8-9H,6-7,14H2,1H3,(H,16,18). The fourth-order valence-electron chi connectivity index (χ4n) is 1.54. The number of carbonyl (C=O) groups is 1. The van der Waals surface area contributed by atoms with E-state index in [2.05, 4.69) is 15.3 Å². The minimum absolute atomic E-state index is 0.0432. The number of hydrogen-bond acceptors (Lipinski definition) is 5. The molecule has 0 fully saturated rings. The van der Waals surface area contributed by atoms with Gasteiger partial charge in [0.25, 0.3) is 0 Å². The van der Waals surface area contributed by atoms with Crippen molar-refractivity contribution in [2.75, 3.05) is 0 Å². The van der Waals surface area contributed by atoms with E-state index in [4.69, 9.17) is 5.73 Å². The summed E-state index contributed by atoms with van der Waals surface area (Å²) in [6, 6.07) is 3.66. The van der Waals surface area contributed by atoms with E-state index in [1.807, 2.05) is 24.4 Å². The highest BCUT2D eigenvalue weighted by Crippen LogP contribution is 2.16. The highest BCUT2D eigenvalue weighted by molar-refractivity contribution is 7.09. The van der Waals surface area contributed by atoms with E-state index < -0.39 is 0 Å². The quantitative estimate of drug-likeness (QED) is 0.865. The summed E-state index contributed by atoms with van der Waals surface area (Å²) in [5.74, 6) is -0.0432. The van der Waals surface area contributed by atoms with Gasteiger partial charge in [0.15, 0.2) is 0 Å². The van der Waals surface area contributed by atoms with Gasteiger partial charge >= 0.3 is 0 Å². The van der Waals surface area contributed by atoms with Crippen LogP contribution in [0, 0.1) is 0 Å². The lowest BCUT2D eigenvalue weighted by Gasteiger charge is -2.03. The van der Waals surface area contributed by atoms with Crippen LogP contribution in [-0.4, -0.2) is 15.9 Å². The third kappa shape index (κ3) is 4.11. The number of carbonyl (C=O) groups excluding carboxylic acids is 1. The minimum Gasteiger partial charge on any atom is -0.352 e. The van der Waals surface area contributed by atoms with Crippen molar-refractivity contribution in [1.29, 1.82) is 0 Å². The molecule has 2 aromatic heterocycles. The number of nitrogens with two attached hydrogens (primary N) is 1. The van der Waals surface area contributed by atoms with Gasteiger partial charge in [-0.05, 0) is 24.6 Å². The fraction of sp³-hybridized carbons (Fsp3) is 0.308. The molecule has 3 N–H and O–H groups in total. The van der Waals surface area contributed by atoms with Crippen LogP contribution < -0.4 is 11.1 Å². The molecular formula is C13H16N4OS. The second-order valence-electron chi connectivity index (χ2n) is 4.27. The zero-order valence-electron chi connectivity index (χ0n) is 10.7. The Balaban J connectivity index is 1.84. The number of aromatic nitrogens is 2. The highest BCUT2D eigenvalue weighted by atomic mass is 32.1. The third-order valence-electron chi connectivity index (χ3n) is 2.54. The molecule has 1 amide bonds. The van der Waals surface area contributed by atoms with Gasteiger partial charge in [-0.2, -0.15) is 0 Å². The van der Waals surface area contributed by atoms with E-state index in [1.165, 1.54) is 11.3 Å². The summed E-state index contributed by atoms with van der Waals surface area (Å²) in [4.78, 5) is 20.0. The van der Waals surface area contributed by atoms with Gasteiger partial charge in [-0.15, -0.1) is 11.3 Å². The first-order valence-electron chi connectivity index (χ1n) is 6.00. The van der Waals surface area contributed by atoms with E-state index >= 15 is 0 Å². The molecule has 0 bridgehead atoms. The lowest BCUT2D eigenvalue weighted by Crippen LogP contribution is -2.24. The number of amides is 1. The smallest absolute Gasteiger partial charge is 0.226 e. The van der Waals surface area contributed by atoms with Crippen LogP contribution in [0.5, 0.6) is 0 Å². The van der Waals surface area contributed by atoms with Gasteiger partial charge in [0, 0.05) is 24.3 Å². The molecule has 0 aliphatic heterocycles. The number of thiazole rings is 1. The molecule has 2 heterocycles. The first-order valence-corrected chi connectivity index (χ1v) is 6.88. The summed E-state index contributed by atoms with van der Waals surface area (Å²) in [7, 11) is 0. The Morgan fingerprint density at radius 2 is 2.21 bits per heavy atom. The topological polar surface area (TPSA) is 80.9 Å². The summed E-state index contributed by atoms with van der Waals surface area (Å²) in [6.07, 6.45) is 3.70. The molecule has 6 heteroatoms. The Hall–Kier alpha value is -1.79. The van der Waals surface area contributed by atoms with Crippen LogP contribution in [-0.2, 0) is 17.8 Å². The van der Waals surface area contributed by atoms with Crippen molar-refractivity contribution in [2.45, 2.75) is 25.9 Å². The summed E-state index contributed by atoms with van der Waals surface area (Å²) >= 11 is 1.49. The van der Waals surface area contributed by atoms with E-state index in [9.17, 15) is 4.79 Å². The molecule has 0 aliphatic rings. The molecule has 100 valence electrons. The maximum atomic E-state index is 11.8. The molecular weight excluding hydrogens is 260 g/mol. The van der Waals surface area contributed by atoms with Crippen LogP contribution >= 0.6 is 11.3 Å². The molecule has 19 heavy (non-hydrogen) atoms. The summed E-state index contributed by atoms with van der Waals surface area (Å²) in [6.45, 7) is 2.39. The van der Waals surface area contributed by atoms with E-state index in [0.29, 0.717) is 6.54 Å². The van der Waals surface area contributed by atoms with E-state index in [0.717, 1.165) is 16.3 Å². The van der Waals surface area contributed by atoms with Gasteiger partial charge in [0.1, 0.15) is 5.01 Å². The molecule has 1 unspecified atom stereocenters. The second kappa shape index (κ2) is 6.40. The number of rotatable bonds is 5. The average Bonchev–Trinajstić information content (AvgIpc) is 2.86. The molecule has 0 aromatic carbocycles. The summed E-state index contributed by atoms with van der Waals surface area (Å²) in [5, 5.41) is 5.59. The van der Waals surface area contributed by atoms with Crippen molar-refractivity contribution in [2.24, 2.45) is 5.73 Å². The van der Waals surface area contributed by atoms with Crippen molar-refractivity contribution in [3.05, 3.63) is 46.2 Å². The number of nitrogens with zero attached hydrogens (tertiary/aromatic N) is 2. The van der Waals surface area contributed by atoms with E-state index in [-0.39, 0.29) is 18.4 Å².